The number of hydrogen-bond donors (Lipinski definition) is 1. The van der Waals surface area contributed by atoms with E-state index in [0.29, 0.717) is 25.3 Å². The van der Waals surface area contributed by atoms with Crippen LogP contribution in [0.4, 0.5) is 0 Å². The second-order valence-corrected chi connectivity index (χ2v) is 5.36. The van der Waals surface area contributed by atoms with Crippen LogP contribution >= 0.6 is 0 Å². The lowest BCUT2D eigenvalue weighted by Gasteiger charge is -2.32. The summed E-state index contributed by atoms with van der Waals surface area (Å²) in [6.07, 6.45) is 3.71. The number of rotatable bonds is 7. The molecule has 0 aromatic heterocycles. The molecule has 1 aliphatic rings. The minimum atomic E-state index is 0.164. The highest BCUT2D eigenvalue weighted by atomic mass is 16.2. The Bertz CT molecular complexity index is 308. The SMILES string of the molecule is CCN(CC)C(=O)CCCC(=O)N1CCC(NC)CC1. The smallest absolute Gasteiger partial charge is 0.222 e. The standard InChI is InChI=1S/C15H29N3O2/c1-4-17(5-2)14(19)7-6-8-15(20)18-11-9-13(16-3)10-12-18/h13,16H,4-12H2,1-3H3. The van der Waals surface area contributed by atoms with Gasteiger partial charge in [-0.05, 0) is 40.2 Å². The van der Waals surface area contributed by atoms with Crippen molar-refractivity contribution in [3.05, 3.63) is 0 Å². The van der Waals surface area contributed by atoms with E-state index in [1.54, 1.807) is 0 Å². The molecular weight excluding hydrogens is 254 g/mol. The van der Waals surface area contributed by atoms with Crippen molar-refractivity contribution in [1.82, 2.24) is 15.1 Å². The third-order valence-corrected chi connectivity index (χ3v) is 4.15. The maximum atomic E-state index is 12.1. The zero-order chi connectivity index (χ0) is 15.0. The molecule has 1 aliphatic heterocycles. The first-order valence-electron chi connectivity index (χ1n) is 7.85. The Morgan fingerprint density at radius 3 is 2.25 bits per heavy atom. The Labute approximate surface area is 122 Å². The van der Waals surface area contributed by atoms with E-state index in [1.165, 1.54) is 0 Å². The summed E-state index contributed by atoms with van der Waals surface area (Å²) >= 11 is 0. The number of amides is 2. The lowest BCUT2D eigenvalue weighted by Crippen LogP contribution is -2.43. The Morgan fingerprint density at radius 2 is 1.75 bits per heavy atom. The molecule has 0 aliphatic carbocycles. The van der Waals surface area contributed by atoms with Gasteiger partial charge in [-0.3, -0.25) is 9.59 Å². The van der Waals surface area contributed by atoms with Crippen molar-refractivity contribution in [3.8, 4) is 0 Å². The first kappa shape index (κ1) is 17.0. The van der Waals surface area contributed by atoms with E-state index in [1.807, 2.05) is 30.7 Å². The monoisotopic (exact) mass is 283 g/mol. The topological polar surface area (TPSA) is 52.7 Å². The van der Waals surface area contributed by atoms with Gasteiger partial charge in [-0.15, -0.1) is 0 Å². The van der Waals surface area contributed by atoms with Crippen LogP contribution in [0.15, 0.2) is 0 Å². The average Bonchev–Trinajstić information content (AvgIpc) is 2.48. The van der Waals surface area contributed by atoms with E-state index >= 15 is 0 Å². The summed E-state index contributed by atoms with van der Waals surface area (Å²) in [6, 6.07) is 0.545. The minimum Gasteiger partial charge on any atom is -0.343 e. The molecule has 1 saturated heterocycles. The predicted molar refractivity (Wildman–Crippen MR) is 80.4 cm³/mol. The molecular formula is C15H29N3O2. The van der Waals surface area contributed by atoms with Crippen LogP contribution in [0.3, 0.4) is 0 Å². The summed E-state index contributed by atoms with van der Waals surface area (Å²) < 4.78 is 0. The molecule has 1 heterocycles. The maximum absolute atomic E-state index is 12.1. The van der Waals surface area contributed by atoms with E-state index in [4.69, 9.17) is 0 Å². The van der Waals surface area contributed by atoms with Crippen molar-refractivity contribution in [2.45, 2.75) is 52.0 Å². The van der Waals surface area contributed by atoms with E-state index in [0.717, 1.165) is 39.0 Å². The molecule has 1 fully saturated rings. The summed E-state index contributed by atoms with van der Waals surface area (Å²) in [4.78, 5) is 27.7. The summed E-state index contributed by atoms with van der Waals surface area (Å²) in [5.41, 5.74) is 0. The number of likely N-dealkylation sites (tertiary alicyclic amines) is 1. The average molecular weight is 283 g/mol. The summed E-state index contributed by atoms with van der Waals surface area (Å²) in [5, 5.41) is 3.26. The molecule has 0 aromatic carbocycles. The molecule has 116 valence electrons. The van der Waals surface area contributed by atoms with Crippen molar-refractivity contribution in [1.29, 1.82) is 0 Å². The first-order chi connectivity index (χ1) is 9.62. The molecule has 1 rings (SSSR count). The largest absolute Gasteiger partial charge is 0.343 e. The summed E-state index contributed by atoms with van der Waals surface area (Å²) in [7, 11) is 1.97. The number of nitrogens with one attached hydrogen (secondary N) is 1. The van der Waals surface area contributed by atoms with E-state index in [2.05, 4.69) is 5.32 Å². The lowest BCUT2D eigenvalue weighted by molar-refractivity contribution is -0.133. The summed E-state index contributed by atoms with van der Waals surface area (Å²) in [6.45, 7) is 7.15. The van der Waals surface area contributed by atoms with Crippen LogP contribution in [0, 0.1) is 0 Å². The lowest BCUT2D eigenvalue weighted by atomic mass is 10.0. The van der Waals surface area contributed by atoms with Gasteiger partial charge in [0.05, 0.1) is 0 Å². The highest BCUT2D eigenvalue weighted by molar-refractivity contribution is 5.79. The molecule has 0 radical (unpaired) electrons. The highest BCUT2D eigenvalue weighted by Gasteiger charge is 2.21. The number of hydrogen-bond acceptors (Lipinski definition) is 3. The van der Waals surface area contributed by atoms with Gasteiger partial charge in [-0.25, -0.2) is 0 Å². The van der Waals surface area contributed by atoms with Crippen LogP contribution in [-0.2, 0) is 9.59 Å². The van der Waals surface area contributed by atoms with Gasteiger partial charge in [0.2, 0.25) is 11.8 Å². The molecule has 0 saturated carbocycles. The molecule has 5 heteroatoms. The fourth-order valence-corrected chi connectivity index (χ4v) is 2.70. The maximum Gasteiger partial charge on any atom is 0.222 e. The van der Waals surface area contributed by atoms with E-state index < -0.39 is 0 Å². The Morgan fingerprint density at radius 1 is 1.15 bits per heavy atom. The van der Waals surface area contributed by atoms with Crippen molar-refractivity contribution in [2.75, 3.05) is 33.2 Å². The van der Waals surface area contributed by atoms with Crippen molar-refractivity contribution >= 4 is 11.8 Å². The van der Waals surface area contributed by atoms with E-state index in [-0.39, 0.29) is 11.8 Å². The number of nitrogens with zero attached hydrogens (tertiary/aromatic N) is 2. The van der Waals surface area contributed by atoms with Gasteiger partial charge in [0.25, 0.3) is 0 Å². The quantitative estimate of drug-likeness (QED) is 0.765. The predicted octanol–water partition coefficient (Wildman–Crippen LogP) is 1.24. The van der Waals surface area contributed by atoms with E-state index in [9.17, 15) is 9.59 Å². The number of carbonyl (C=O) groups excluding carboxylic acids is 2. The van der Waals surface area contributed by atoms with Crippen molar-refractivity contribution in [3.63, 3.8) is 0 Å². The molecule has 1 N–H and O–H groups in total. The molecule has 0 aromatic rings. The fraction of sp³-hybridized carbons (Fsp3) is 0.867. The third-order valence-electron chi connectivity index (χ3n) is 4.15. The second-order valence-electron chi connectivity index (χ2n) is 5.36. The van der Waals surface area contributed by atoms with Gasteiger partial charge in [-0.2, -0.15) is 0 Å². The normalized spacial score (nSPS) is 16.2. The van der Waals surface area contributed by atoms with Crippen LogP contribution in [0.5, 0.6) is 0 Å². The minimum absolute atomic E-state index is 0.164. The number of piperidine rings is 1. The van der Waals surface area contributed by atoms with Gasteiger partial charge in [0, 0.05) is 45.1 Å². The molecule has 0 bridgehead atoms. The van der Waals surface area contributed by atoms with Gasteiger partial charge < -0.3 is 15.1 Å². The molecule has 2 amide bonds. The molecule has 0 spiro atoms. The molecule has 0 unspecified atom stereocenters. The van der Waals surface area contributed by atoms with Crippen molar-refractivity contribution in [2.24, 2.45) is 0 Å². The Balaban J connectivity index is 2.22. The van der Waals surface area contributed by atoms with Gasteiger partial charge >= 0.3 is 0 Å². The van der Waals surface area contributed by atoms with Crippen LogP contribution in [0.25, 0.3) is 0 Å². The Kier molecular flexibility index (Phi) is 7.59. The van der Waals surface area contributed by atoms with Gasteiger partial charge in [0.15, 0.2) is 0 Å². The molecule has 20 heavy (non-hydrogen) atoms. The van der Waals surface area contributed by atoms with Crippen molar-refractivity contribution < 1.29 is 9.59 Å². The zero-order valence-corrected chi connectivity index (χ0v) is 13.2. The first-order valence-corrected chi connectivity index (χ1v) is 7.85. The highest BCUT2D eigenvalue weighted by Crippen LogP contribution is 2.12. The number of carbonyl (C=O) groups is 2. The summed E-state index contributed by atoms with van der Waals surface area (Å²) in [5.74, 6) is 0.364. The molecule has 5 nitrogen and oxygen atoms in total. The van der Waals surface area contributed by atoms with Crippen LogP contribution in [0.2, 0.25) is 0 Å². The van der Waals surface area contributed by atoms with Crippen LogP contribution < -0.4 is 5.32 Å². The van der Waals surface area contributed by atoms with Gasteiger partial charge in [-0.1, -0.05) is 0 Å². The second kappa shape index (κ2) is 8.95. The third kappa shape index (κ3) is 5.12. The van der Waals surface area contributed by atoms with Crippen LogP contribution in [0.1, 0.15) is 46.0 Å². The fourth-order valence-electron chi connectivity index (χ4n) is 2.70. The zero-order valence-electron chi connectivity index (χ0n) is 13.2. The molecule has 0 atom stereocenters. The van der Waals surface area contributed by atoms with Gasteiger partial charge in [0.1, 0.15) is 0 Å². The Hall–Kier alpha value is -1.10. The van der Waals surface area contributed by atoms with Crippen LogP contribution in [-0.4, -0.2) is 60.9 Å².